The lowest BCUT2D eigenvalue weighted by Crippen LogP contribution is -2.37. The average molecular weight is 245 g/mol. The van der Waals surface area contributed by atoms with Crippen LogP contribution in [0.1, 0.15) is 13.3 Å². The Hall–Kier alpha value is -0.230. The highest BCUT2D eigenvalue weighted by Gasteiger charge is 2.16. The van der Waals surface area contributed by atoms with Crippen molar-refractivity contribution in [3.05, 3.63) is 0 Å². The van der Waals surface area contributed by atoms with Gasteiger partial charge in [0, 0.05) is 32.1 Å². The standard InChI is InChI=1S/C11H23N3OS/c1-10(11(12)16)9-14-4-2-3-13(5-6-14)7-8-15/h10,15H,2-9H2,1H3,(H2,12,16). The van der Waals surface area contributed by atoms with Gasteiger partial charge in [-0.1, -0.05) is 19.1 Å². The average Bonchev–Trinajstić information content (AvgIpc) is 2.44. The summed E-state index contributed by atoms with van der Waals surface area (Å²) in [6, 6.07) is 0. The second kappa shape index (κ2) is 7.17. The smallest absolute Gasteiger partial charge is 0.0768 e. The van der Waals surface area contributed by atoms with Gasteiger partial charge in [-0.2, -0.15) is 0 Å². The minimum Gasteiger partial charge on any atom is -0.395 e. The first kappa shape index (κ1) is 13.8. The first-order chi connectivity index (χ1) is 7.63. The SMILES string of the molecule is CC(CN1CCCN(CCO)CC1)C(N)=S. The van der Waals surface area contributed by atoms with Crippen molar-refractivity contribution in [2.24, 2.45) is 11.7 Å². The lowest BCUT2D eigenvalue weighted by Gasteiger charge is -2.23. The number of aliphatic hydroxyl groups is 1. The van der Waals surface area contributed by atoms with E-state index in [1.54, 1.807) is 0 Å². The molecule has 94 valence electrons. The topological polar surface area (TPSA) is 52.7 Å². The lowest BCUT2D eigenvalue weighted by atomic mass is 10.1. The Bertz CT molecular complexity index is 225. The van der Waals surface area contributed by atoms with Crippen LogP contribution in [-0.4, -0.2) is 65.8 Å². The van der Waals surface area contributed by atoms with Gasteiger partial charge in [0.25, 0.3) is 0 Å². The van der Waals surface area contributed by atoms with Gasteiger partial charge in [0.05, 0.1) is 11.6 Å². The van der Waals surface area contributed by atoms with Crippen LogP contribution in [0.3, 0.4) is 0 Å². The van der Waals surface area contributed by atoms with E-state index in [1.807, 2.05) is 0 Å². The zero-order chi connectivity index (χ0) is 12.0. The zero-order valence-corrected chi connectivity index (χ0v) is 10.9. The second-order valence-electron chi connectivity index (χ2n) is 4.52. The van der Waals surface area contributed by atoms with Crippen LogP contribution in [0.15, 0.2) is 0 Å². The van der Waals surface area contributed by atoms with E-state index in [4.69, 9.17) is 23.1 Å². The number of nitrogens with two attached hydrogens (primary N) is 1. The van der Waals surface area contributed by atoms with Crippen molar-refractivity contribution >= 4 is 17.2 Å². The summed E-state index contributed by atoms with van der Waals surface area (Å²) in [4.78, 5) is 5.34. The van der Waals surface area contributed by atoms with E-state index in [0.717, 1.165) is 45.7 Å². The third-order valence-electron chi connectivity index (χ3n) is 3.12. The number of hydrogen-bond donors (Lipinski definition) is 2. The van der Waals surface area contributed by atoms with Crippen LogP contribution in [0, 0.1) is 5.92 Å². The molecular formula is C11H23N3OS. The van der Waals surface area contributed by atoms with Crippen molar-refractivity contribution in [1.82, 2.24) is 9.80 Å². The van der Waals surface area contributed by atoms with Crippen LogP contribution in [0.4, 0.5) is 0 Å². The highest BCUT2D eigenvalue weighted by atomic mass is 32.1. The lowest BCUT2D eigenvalue weighted by molar-refractivity contribution is 0.195. The summed E-state index contributed by atoms with van der Waals surface area (Å²) in [5.74, 6) is 0.291. The molecule has 1 saturated heterocycles. The van der Waals surface area contributed by atoms with Crippen LogP contribution in [0.5, 0.6) is 0 Å². The van der Waals surface area contributed by atoms with Crippen molar-refractivity contribution in [3.63, 3.8) is 0 Å². The molecule has 0 saturated carbocycles. The van der Waals surface area contributed by atoms with Gasteiger partial charge in [-0.15, -0.1) is 0 Å². The minimum atomic E-state index is 0.253. The Morgan fingerprint density at radius 1 is 1.31 bits per heavy atom. The molecule has 1 fully saturated rings. The fraction of sp³-hybridized carbons (Fsp3) is 0.909. The molecule has 0 aliphatic carbocycles. The second-order valence-corrected chi connectivity index (χ2v) is 4.99. The normalized spacial score (nSPS) is 21.6. The largest absolute Gasteiger partial charge is 0.395 e. The summed E-state index contributed by atoms with van der Waals surface area (Å²) in [5.41, 5.74) is 5.63. The van der Waals surface area contributed by atoms with Crippen LogP contribution >= 0.6 is 12.2 Å². The molecule has 1 atom stereocenters. The van der Waals surface area contributed by atoms with Gasteiger partial charge in [-0.25, -0.2) is 0 Å². The summed E-state index contributed by atoms with van der Waals surface area (Å²) >= 11 is 4.99. The van der Waals surface area contributed by atoms with Crippen molar-refractivity contribution < 1.29 is 5.11 Å². The Kier molecular flexibility index (Phi) is 6.20. The Morgan fingerprint density at radius 2 is 1.94 bits per heavy atom. The monoisotopic (exact) mass is 245 g/mol. The van der Waals surface area contributed by atoms with Crippen LogP contribution in [0.25, 0.3) is 0 Å². The molecule has 1 aliphatic heterocycles. The first-order valence-electron chi connectivity index (χ1n) is 5.98. The predicted octanol–water partition coefficient (Wildman–Crippen LogP) is -0.0914. The molecule has 0 amide bonds. The molecule has 5 heteroatoms. The van der Waals surface area contributed by atoms with E-state index in [9.17, 15) is 0 Å². The summed E-state index contributed by atoms with van der Waals surface area (Å²) in [6.45, 7) is 8.36. The molecule has 0 aromatic rings. The molecule has 0 radical (unpaired) electrons. The number of β-amino-alcohol motifs (C(OH)–C–C–N with tert-alkyl or cyclic N) is 1. The highest BCUT2D eigenvalue weighted by molar-refractivity contribution is 7.80. The van der Waals surface area contributed by atoms with Gasteiger partial charge in [-0.05, 0) is 19.5 Å². The van der Waals surface area contributed by atoms with E-state index in [1.165, 1.54) is 0 Å². The third-order valence-corrected chi connectivity index (χ3v) is 3.52. The fourth-order valence-electron chi connectivity index (χ4n) is 2.05. The molecule has 1 unspecified atom stereocenters. The zero-order valence-electron chi connectivity index (χ0n) is 10.1. The van der Waals surface area contributed by atoms with Gasteiger partial charge >= 0.3 is 0 Å². The highest BCUT2D eigenvalue weighted by Crippen LogP contribution is 2.06. The predicted molar refractivity (Wildman–Crippen MR) is 70.5 cm³/mol. The van der Waals surface area contributed by atoms with E-state index in [-0.39, 0.29) is 6.61 Å². The first-order valence-corrected chi connectivity index (χ1v) is 6.39. The Balaban J connectivity index is 2.32. The molecular weight excluding hydrogens is 222 g/mol. The van der Waals surface area contributed by atoms with E-state index >= 15 is 0 Å². The molecule has 3 N–H and O–H groups in total. The minimum absolute atomic E-state index is 0.253. The molecule has 0 aromatic carbocycles. The Morgan fingerprint density at radius 3 is 2.56 bits per heavy atom. The van der Waals surface area contributed by atoms with E-state index in [2.05, 4.69) is 16.7 Å². The molecule has 0 bridgehead atoms. The quantitative estimate of drug-likeness (QED) is 0.663. The maximum absolute atomic E-state index is 8.91. The number of aliphatic hydroxyl groups excluding tert-OH is 1. The summed E-state index contributed by atoms with van der Waals surface area (Å²) in [5, 5.41) is 8.91. The van der Waals surface area contributed by atoms with Crippen molar-refractivity contribution in [2.75, 3.05) is 45.9 Å². The van der Waals surface area contributed by atoms with Crippen LogP contribution in [0.2, 0.25) is 0 Å². The van der Waals surface area contributed by atoms with E-state index in [0.29, 0.717) is 10.9 Å². The fourth-order valence-corrected chi connectivity index (χ4v) is 2.12. The summed E-state index contributed by atoms with van der Waals surface area (Å²) < 4.78 is 0. The van der Waals surface area contributed by atoms with Gasteiger partial charge in [0.1, 0.15) is 0 Å². The van der Waals surface area contributed by atoms with Crippen LogP contribution < -0.4 is 5.73 Å². The number of rotatable bonds is 5. The third kappa shape index (κ3) is 4.74. The maximum Gasteiger partial charge on any atom is 0.0768 e. The number of thiocarbonyl (C=S) groups is 1. The molecule has 1 aliphatic rings. The van der Waals surface area contributed by atoms with Crippen molar-refractivity contribution in [1.29, 1.82) is 0 Å². The molecule has 1 rings (SSSR count). The van der Waals surface area contributed by atoms with Gasteiger partial charge in [0.2, 0.25) is 0 Å². The van der Waals surface area contributed by atoms with Gasteiger partial charge in [-0.3, -0.25) is 4.90 Å². The maximum atomic E-state index is 8.91. The number of hydrogen-bond acceptors (Lipinski definition) is 4. The van der Waals surface area contributed by atoms with Crippen LogP contribution in [-0.2, 0) is 0 Å². The summed E-state index contributed by atoms with van der Waals surface area (Å²) in [7, 11) is 0. The molecule has 0 spiro atoms. The van der Waals surface area contributed by atoms with Gasteiger partial charge < -0.3 is 15.7 Å². The number of nitrogens with zero attached hydrogens (tertiary/aromatic N) is 2. The molecule has 16 heavy (non-hydrogen) atoms. The van der Waals surface area contributed by atoms with Gasteiger partial charge in [0.15, 0.2) is 0 Å². The molecule has 0 aromatic heterocycles. The Labute approximate surface area is 103 Å². The molecule has 4 nitrogen and oxygen atoms in total. The summed E-state index contributed by atoms with van der Waals surface area (Å²) in [6.07, 6.45) is 1.16. The molecule has 1 heterocycles. The van der Waals surface area contributed by atoms with Crippen molar-refractivity contribution in [3.8, 4) is 0 Å². The van der Waals surface area contributed by atoms with Crippen molar-refractivity contribution in [2.45, 2.75) is 13.3 Å². The van der Waals surface area contributed by atoms with E-state index < -0.39 is 0 Å².